The predicted molar refractivity (Wildman–Crippen MR) is 228 cm³/mol. The van der Waals surface area contributed by atoms with E-state index in [1.807, 2.05) is 0 Å². The highest BCUT2D eigenvalue weighted by Gasteiger charge is 2.36. The SMILES string of the molecule is CCCCCCCCCCCCCCC(CCCCCCCCCCCCCC)OC(=O)NC(C)(C)CC(C)(C)CC(C)(C)OCCC(C)(C)OC. The molecule has 0 atom stereocenters. The second kappa shape index (κ2) is 30.4. The molecule has 5 heteroatoms. The molecule has 1 amide bonds. The first kappa shape index (κ1) is 51.2. The molecule has 0 aliphatic heterocycles. The van der Waals surface area contributed by atoms with Crippen LogP contribution in [0.1, 0.15) is 255 Å². The summed E-state index contributed by atoms with van der Waals surface area (Å²) in [4.78, 5) is 13.4. The monoisotopic (exact) mass is 738 g/mol. The number of hydrogen-bond donors (Lipinski definition) is 1. The maximum absolute atomic E-state index is 13.4. The van der Waals surface area contributed by atoms with Crippen molar-refractivity contribution in [1.82, 2.24) is 5.32 Å². The normalized spacial score (nSPS) is 12.9. The molecule has 0 saturated carbocycles. The van der Waals surface area contributed by atoms with Crippen molar-refractivity contribution in [3.05, 3.63) is 0 Å². The van der Waals surface area contributed by atoms with Gasteiger partial charge in [0.2, 0.25) is 0 Å². The lowest BCUT2D eigenvalue weighted by Crippen LogP contribution is -2.48. The molecule has 0 unspecified atom stereocenters. The van der Waals surface area contributed by atoms with E-state index in [-0.39, 0.29) is 34.4 Å². The van der Waals surface area contributed by atoms with E-state index in [1.54, 1.807) is 7.11 Å². The van der Waals surface area contributed by atoms with Gasteiger partial charge in [-0.05, 0) is 91.9 Å². The van der Waals surface area contributed by atoms with Crippen molar-refractivity contribution in [3.63, 3.8) is 0 Å². The minimum atomic E-state index is -0.384. The lowest BCUT2D eigenvalue weighted by atomic mass is 9.73. The number of ether oxygens (including phenoxy) is 3. The molecule has 0 rings (SSSR count). The minimum Gasteiger partial charge on any atom is -0.446 e. The summed E-state index contributed by atoms with van der Waals surface area (Å²) < 4.78 is 18.1. The van der Waals surface area contributed by atoms with E-state index in [1.165, 1.54) is 141 Å². The molecule has 0 radical (unpaired) electrons. The van der Waals surface area contributed by atoms with Gasteiger partial charge in [0.25, 0.3) is 0 Å². The third kappa shape index (κ3) is 32.6. The van der Waals surface area contributed by atoms with Crippen molar-refractivity contribution in [2.75, 3.05) is 13.7 Å². The summed E-state index contributed by atoms with van der Waals surface area (Å²) in [5, 5.41) is 3.27. The van der Waals surface area contributed by atoms with Gasteiger partial charge in [-0.25, -0.2) is 4.79 Å². The van der Waals surface area contributed by atoms with Crippen molar-refractivity contribution in [3.8, 4) is 0 Å². The van der Waals surface area contributed by atoms with E-state index in [4.69, 9.17) is 14.2 Å². The first-order valence-corrected chi connectivity index (χ1v) is 22.7. The number of alkyl carbamates (subject to hydrolysis) is 1. The molecule has 0 aromatic rings. The molecule has 312 valence electrons. The first-order valence-electron chi connectivity index (χ1n) is 22.7. The summed E-state index contributed by atoms with van der Waals surface area (Å²) in [6.45, 7) is 22.6. The molecule has 0 aromatic heterocycles. The van der Waals surface area contributed by atoms with Crippen LogP contribution in [-0.2, 0) is 14.2 Å². The maximum atomic E-state index is 13.4. The van der Waals surface area contributed by atoms with Crippen LogP contribution in [0.4, 0.5) is 4.79 Å². The van der Waals surface area contributed by atoms with Crippen molar-refractivity contribution in [2.45, 2.75) is 278 Å². The Morgan fingerprint density at radius 1 is 0.519 bits per heavy atom. The van der Waals surface area contributed by atoms with E-state index >= 15 is 0 Å². The van der Waals surface area contributed by atoms with Gasteiger partial charge in [0, 0.05) is 12.6 Å². The van der Waals surface area contributed by atoms with Gasteiger partial charge in [0.1, 0.15) is 6.10 Å². The van der Waals surface area contributed by atoms with E-state index in [0.717, 1.165) is 44.9 Å². The third-order valence-corrected chi connectivity index (χ3v) is 11.0. The fraction of sp³-hybridized carbons (Fsp3) is 0.979. The van der Waals surface area contributed by atoms with Crippen LogP contribution < -0.4 is 5.32 Å². The summed E-state index contributed by atoms with van der Waals surface area (Å²) in [6, 6.07) is 0. The third-order valence-electron chi connectivity index (χ3n) is 11.0. The van der Waals surface area contributed by atoms with Crippen LogP contribution in [0.2, 0.25) is 0 Å². The highest BCUT2D eigenvalue weighted by atomic mass is 16.6. The van der Waals surface area contributed by atoms with Crippen LogP contribution in [0, 0.1) is 5.41 Å². The van der Waals surface area contributed by atoms with Crippen LogP contribution >= 0.6 is 0 Å². The molecule has 0 fully saturated rings. The Morgan fingerprint density at radius 3 is 1.25 bits per heavy atom. The number of carbonyl (C=O) groups is 1. The van der Waals surface area contributed by atoms with Gasteiger partial charge in [-0.2, -0.15) is 0 Å². The summed E-state index contributed by atoms with van der Waals surface area (Å²) in [5.41, 5.74) is -0.862. The molecule has 0 aliphatic carbocycles. The molecule has 1 N–H and O–H groups in total. The molecule has 0 spiro atoms. The average molecular weight is 738 g/mol. The number of nitrogens with one attached hydrogen (secondary N) is 1. The molecular formula is C47H95NO4. The Hall–Kier alpha value is -0.810. The Labute approximate surface area is 327 Å². The van der Waals surface area contributed by atoms with Crippen LogP contribution in [0.25, 0.3) is 0 Å². The zero-order chi connectivity index (χ0) is 39.2. The molecule has 0 bridgehead atoms. The van der Waals surface area contributed by atoms with Crippen LogP contribution in [0.15, 0.2) is 0 Å². The number of amides is 1. The van der Waals surface area contributed by atoms with E-state index in [2.05, 4.69) is 74.6 Å². The molecule has 0 aliphatic rings. The topological polar surface area (TPSA) is 56.8 Å². The van der Waals surface area contributed by atoms with Gasteiger partial charge in [0.15, 0.2) is 0 Å². The number of rotatable bonds is 37. The summed E-state index contributed by atoms with van der Waals surface area (Å²) >= 11 is 0. The van der Waals surface area contributed by atoms with Crippen LogP contribution in [0.3, 0.4) is 0 Å². The molecule has 0 heterocycles. The van der Waals surface area contributed by atoms with Gasteiger partial charge in [0.05, 0.1) is 17.8 Å². The predicted octanol–water partition coefficient (Wildman–Crippen LogP) is 15.5. The second-order valence-electron chi connectivity index (χ2n) is 19.2. The summed E-state index contributed by atoms with van der Waals surface area (Å²) in [6.07, 6.45) is 36.7. The van der Waals surface area contributed by atoms with Gasteiger partial charge in [-0.3, -0.25) is 0 Å². The zero-order valence-electron chi connectivity index (χ0n) is 37.4. The molecule has 0 saturated heterocycles. The van der Waals surface area contributed by atoms with Gasteiger partial charge in [-0.1, -0.05) is 169 Å². The largest absolute Gasteiger partial charge is 0.446 e. The van der Waals surface area contributed by atoms with Crippen molar-refractivity contribution in [2.24, 2.45) is 5.41 Å². The van der Waals surface area contributed by atoms with Gasteiger partial charge in [-0.15, -0.1) is 0 Å². The fourth-order valence-electron chi connectivity index (χ4n) is 8.33. The standard InChI is InChI=1S/C47H95NO4/c1-12-14-16-18-20-22-24-26-28-30-32-34-36-42(37-35-33-31-29-27-25-23-21-19-17-15-13-2)52-43(49)48-45(5,6)40-44(3,4)41-47(9,10)51-39-38-46(7,8)50-11/h42H,12-41H2,1-11H3,(H,48,49). The Balaban J connectivity index is 4.79. The summed E-state index contributed by atoms with van der Waals surface area (Å²) in [5.74, 6) is 0. The number of methoxy groups -OCH3 is 1. The van der Waals surface area contributed by atoms with E-state index in [9.17, 15) is 4.79 Å². The number of carbonyl (C=O) groups excluding carboxylic acids is 1. The Morgan fingerprint density at radius 2 is 0.885 bits per heavy atom. The van der Waals surface area contributed by atoms with E-state index < -0.39 is 0 Å². The molecule has 52 heavy (non-hydrogen) atoms. The lowest BCUT2D eigenvalue weighted by molar-refractivity contribution is -0.0764. The quantitative estimate of drug-likeness (QED) is 0.0645. The highest BCUT2D eigenvalue weighted by molar-refractivity contribution is 5.68. The Bertz CT molecular complexity index is 792. The maximum Gasteiger partial charge on any atom is 0.407 e. The van der Waals surface area contributed by atoms with Crippen molar-refractivity contribution >= 4 is 6.09 Å². The van der Waals surface area contributed by atoms with E-state index in [0.29, 0.717) is 6.61 Å². The first-order chi connectivity index (χ1) is 24.6. The summed E-state index contributed by atoms with van der Waals surface area (Å²) in [7, 11) is 1.76. The van der Waals surface area contributed by atoms with Crippen molar-refractivity contribution in [1.29, 1.82) is 0 Å². The number of hydrogen-bond acceptors (Lipinski definition) is 4. The molecule has 0 aromatic carbocycles. The highest BCUT2D eigenvalue weighted by Crippen LogP contribution is 2.37. The fourth-order valence-corrected chi connectivity index (χ4v) is 8.33. The minimum absolute atomic E-state index is 0.0127. The van der Waals surface area contributed by atoms with Crippen molar-refractivity contribution < 1.29 is 19.0 Å². The van der Waals surface area contributed by atoms with Crippen LogP contribution in [-0.4, -0.2) is 42.7 Å². The second-order valence-corrected chi connectivity index (χ2v) is 19.2. The Kier molecular flexibility index (Phi) is 29.9. The smallest absolute Gasteiger partial charge is 0.407 e. The molecule has 5 nitrogen and oxygen atoms in total. The molecular weight excluding hydrogens is 643 g/mol. The lowest BCUT2D eigenvalue weighted by Gasteiger charge is -2.40. The van der Waals surface area contributed by atoms with Crippen LogP contribution in [0.5, 0.6) is 0 Å². The average Bonchev–Trinajstić information content (AvgIpc) is 3.03. The van der Waals surface area contributed by atoms with Gasteiger partial charge >= 0.3 is 6.09 Å². The van der Waals surface area contributed by atoms with Gasteiger partial charge < -0.3 is 19.5 Å². The number of unbranched alkanes of at least 4 members (excludes halogenated alkanes) is 22. The zero-order valence-corrected chi connectivity index (χ0v) is 37.4.